The molecule has 0 aromatic heterocycles. The number of benzene rings is 2. The number of piperazine rings is 1. The Hall–Kier alpha value is -2.17. The lowest BCUT2D eigenvalue weighted by atomic mass is 10.0. The van der Waals surface area contributed by atoms with Gasteiger partial charge in [0.2, 0.25) is 5.91 Å². The van der Waals surface area contributed by atoms with Crippen LogP contribution in [0.5, 0.6) is 0 Å². The van der Waals surface area contributed by atoms with Crippen LogP contribution in [0.4, 0.5) is 5.69 Å². The van der Waals surface area contributed by atoms with E-state index < -0.39 is 0 Å². The number of carbonyl (C=O) groups is 1. The summed E-state index contributed by atoms with van der Waals surface area (Å²) < 4.78 is 0. The van der Waals surface area contributed by atoms with Gasteiger partial charge in [0.1, 0.15) is 0 Å². The van der Waals surface area contributed by atoms with Gasteiger partial charge in [-0.2, -0.15) is 0 Å². The van der Waals surface area contributed by atoms with Crippen LogP contribution < -0.4 is 5.32 Å². The van der Waals surface area contributed by atoms with Crippen molar-refractivity contribution in [1.82, 2.24) is 9.80 Å². The van der Waals surface area contributed by atoms with Crippen molar-refractivity contribution in [2.24, 2.45) is 0 Å². The summed E-state index contributed by atoms with van der Waals surface area (Å²) in [5, 5.41) is 2.97. The molecule has 2 aromatic rings. The minimum Gasteiger partial charge on any atom is -0.325 e. The fourth-order valence-corrected chi connectivity index (χ4v) is 3.49. The third kappa shape index (κ3) is 5.68. The normalized spacial score (nSPS) is 17.0. The lowest BCUT2D eigenvalue weighted by Crippen LogP contribution is -2.51. The molecule has 1 aliphatic rings. The molecule has 1 unspecified atom stereocenters. The van der Waals surface area contributed by atoms with Crippen LogP contribution in [0.15, 0.2) is 60.7 Å². The highest BCUT2D eigenvalue weighted by molar-refractivity contribution is 5.92. The zero-order chi connectivity index (χ0) is 18.2. The van der Waals surface area contributed by atoms with Crippen LogP contribution >= 0.6 is 0 Å². The average molecular weight is 351 g/mol. The van der Waals surface area contributed by atoms with Gasteiger partial charge in [0.25, 0.3) is 0 Å². The molecule has 1 N–H and O–H groups in total. The van der Waals surface area contributed by atoms with E-state index in [-0.39, 0.29) is 5.91 Å². The molecule has 3 rings (SSSR count). The molecule has 4 nitrogen and oxygen atoms in total. The van der Waals surface area contributed by atoms with E-state index in [0.29, 0.717) is 12.6 Å². The Bertz CT molecular complexity index is 666. The quantitative estimate of drug-likeness (QED) is 0.832. The van der Waals surface area contributed by atoms with E-state index in [1.54, 1.807) is 0 Å². The lowest BCUT2D eigenvalue weighted by molar-refractivity contribution is -0.117. The third-order valence-corrected chi connectivity index (χ3v) is 5.15. The molecule has 26 heavy (non-hydrogen) atoms. The van der Waals surface area contributed by atoms with Crippen molar-refractivity contribution >= 4 is 11.6 Å². The van der Waals surface area contributed by atoms with Gasteiger partial charge < -0.3 is 5.32 Å². The number of hydrogen-bond acceptors (Lipinski definition) is 3. The first-order valence-corrected chi connectivity index (χ1v) is 9.56. The molecule has 138 valence electrons. The van der Waals surface area contributed by atoms with Gasteiger partial charge in [-0.05, 0) is 37.5 Å². The first-order chi connectivity index (χ1) is 12.7. The number of amides is 1. The van der Waals surface area contributed by atoms with E-state index in [1.165, 1.54) is 12.0 Å². The Labute approximate surface area is 156 Å². The van der Waals surface area contributed by atoms with E-state index in [2.05, 4.69) is 52.4 Å². The lowest BCUT2D eigenvalue weighted by Gasteiger charge is -2.37. The number of carbonyl (C=O) groups excluding carboxylic acids is 1. The fourth-order valence-electron chi connectivity index (χ4n) is 3.49. The largest absolute Gasteiger partial charge is 0.325 e. The summed E-state index contributed by atoms with van der Waals surface area (Å²) in [5.74, 6) is 0.0711. The molecule has 1 fully saturated rings. The zero-order valence-electron chi connectivity index (χ0n) is 15.6. The van der Waals surface area contributed by atoms with Gasteiger partial charge in [-0.1, -0.05) is 48.5 Å². The highest BCUT2D eigenvalue weighted by atomic mass is 16.2. The molecule has 4 heteroatoms. The summed E-state index contributed by atoms with van der Waals surface area (Å²) in [4.78, 5) is 17.0. The first-order valence-electron chi connectivity index (χ1n) is 9.56. The number of nitrogens with zero attached hydrogens (tertiary/aromatic N) is 2. The molecule has 1 heterocycles. The topological polar surface area (TPSA) is 35.6 Å². The second kappa shape index (κ2) is 9.51. The maximum Gasteiger partial charge on any atom is 0.238 e. The highest BCUT2D eigenvalue weighted by Gasteiger charge is 2.22. The van der Waals surface area contributed by atoms with Gasteiger partial charge in [-0.25, -0.2) is 0 Å². The summed E-state index contributed by atoms with van der Waals surface area (Å²) in [7, 11) is 0. The maximum absolute atomic E-state index is 12.2. The molecule has 0 radical (unpaired) electrons. The van der Waals surface area contributed by atoms with Crippen LogP contribution in [0.2, 0.25) is 0 Å². The molecule has 1 saturated heterocycles. The monoisotopic (exact) mass is 351 g/mol. The van der Waals surface area contributed by atoms with Gasteiger partial charge in [-0.15, -0.1) is 0 Å². The Balaban J connectivity index is 1.37. The summed E-state index contributed by atoms with van der Waals surface area (Å²) in [6.07, 6.45) is 2.31. The second-order valence-corrected chi connectivity index (χ2v) is 7.10. The Kier molecular flexibility index (Phi) is 6.81. The summed E-state index contributed by atoms with van der Waals surface area (Å²) in [5.41, 5.74) is 2.28. The Morgan fingerprint density at radius 2 is 1.58 bits per heavy atom. The van der Waals surface area contributed by atoms with Crippen LogP contribution in [-0.2, 0) is 11.2 Å². The van der Waals surface area contributed by atoms with Gasteiger partial charge >= 0.3 is 0 Å². The summed E-state index contributed by atoms with van der Waals surface area (Å²) in [6.45, 7) is 6.78. The van der Waals surface area contributed by atoms with Crippen molar-refractivity contribution in [3.63, 3.8) is 0 Å². The van der Waals surface area contributed by atoms with E-state index in [0.717, 1.165) is 38.3 Å². The SMILES string of the molecule is CC(CCc1ccccc1)N1CCN(CC(=O)Nc2ccccc2)CC1. The Morgan fingerprint density at radius 1 is 0.962 bits per heavy atom. The van der Waals surface area contributed by atoms with E-state index in [4.69, 9.17) is 0 Å². The zero-order valence-corrected chi connectivity index (χ0v) is 15.6. The molecule has 1 atom stereocenters. The van der Waals surface area contributed by atoms with Crippen LogP contribution in [0.3, 0.4) is 0 Å². The fraction of sp³-hybridized carbons (Fsp3) is 0.409. The second-order valence-electron chi connectivity index (χ2n) is 7.10. The molecule has 0 aliphatic carbocycles. The van der Waals surface area contributed by atoms with Crippen molar-refractivity contribution in [3.05, 3.63) is 66.2 Å². The van der Waals surface area contributed by atoms with Crippen molar-refractivity contribution in [1.29, 1.82) is 0 Å². The van der Waals surface area contributed by atoms with Crippen molar-refractivity contribution in [2.45, 2.75) is 25.8 Å². The van der Waals surface area contributed by atoms with E-state index in [9.17, 15) is 4.79 Å². The van der Waals surface area contributed by atoms with Crippen molar-refractivity contribution < 1.29 is 4.79 Å². The van der Waals surface area contributed by atoms with E-state index in [1.807, 2.05) is 30.3 Å². The minimum absolute atomic E-state index is 0.0711. The first kappa shape index (κ1) is 18.6. The van der Waals surface area contributed by atoms with Crippen LogP contribution in [0, 0.1) is 0 Å². The van der Waals surface area contributed by atoms with Crippen molar-refractivity contribution in [2.75, 3.05) is 38.0 Å². The number of hydrogen-bond donors (Lipinski definition) is 1. The predicted octanol–water partition coefficient (Wildman–Crippen LogP) is 3.26. The molecule has 0 saturated carbocycles. The van der Waals surface area contributed by atoms with Gasteiger partial charge in [0, 0.05) is 37.9 Å². The number of aryl methyl sites for hydroxylation is 1. The maximum atomic E-state index is 12.2. The van der Waals surface area contributed by atoms with Crippen molar-refractivity contribution in [3.8, 4) is 0 Å². The van der Waals surface area contributed by atoms with Gasteiger partial charge in [-0.3, -0.25) is 14.6 Å². The molecule has 0 spiro atoms. The van der Waals surface area contributed by atoms with Crippen LogP contribution in [-0.4, -0.2) is 54.5 Å². The smallest absolute Gasteiger partial charge is 0.238 e. The third-order valence-electron chi connectivity index (χ3n) is 5.15. The summed E-state index contributed by atoms with van der Waals surface area (Å²) >= 11 is 0. The van der Waals surface area contributed by atoms with E-state index >= 15 is 0 Å². The van der Waals surface area contributed by atoms with Crippen LogP contribution in [0.25, 0.3) is 0 Å². The predicted molar refractivity (Wildman–Crippen MR) is 107 cm³/mol. The Morgan fingerprint density at radius 3 is 2.23 bits per heavy atom. The number of para-hydroxylation sites is 1. The highest BCUT2D eigenvalue weighted by Crippen LogP contribution is 2.13. The molecule has 2 aromatic carbocycles. The number of rotatable bonds is 7. The molecule has 0 bridgehead atoms. The molecule has 1 aliphatic heterocycles. The van der Waals surface area contributed by atoms with Gasteiger partial charge in [0.05, 0.1) is 6.54 Å². The molecule has 1 amide bonds. The minimum atomic E-state index is 0.0711. The average Bonchev–Trinajstić information content (AvgIpc) is 2.68. The number of nitrogens with one attached hydrogen (secondary N) is 1. The summed E-state index contributed by atoms with van der Waals surface area (Å²) in [6, 6.07) is 20.9. The molecular formula is C22H29N3O. The standard InChI is InChI=1S/C22H29N3O/c1-19(12-13-20-8-4-2-5-9-20)25-16-14-24(15-17-25)18-22(26)23-21-10-6-3-7-11-21/h2-11,19H,12-18H2,1H3,(H,23,26). The van der Waals surface area contributed by atoms with Crippen LogP contribution in [0.1, 0.15) is 18.9 Å². The van der Waals surface area contributed by atoms with Gasteiger partial charge in [0.15, 0.2) is 0 Å². The molecular weight excluding hydrogens is 322 g/mol. The number of anilines is 1.